The molecule has 0 bridgehead atoms. The van der Waals surface area contributed by atoms with Crippen LogP contribution in [0.2, 0.25) is 10.0 Å². The third kappa shape index (κ3) is 2.93. The highest BCUT2D eigenvalue weighted by atomic mass is 35.5. The molecule has 0 heterocycles. The zero-order valence-corrected chi connectivity index (χ0v) is 13.2. The first-order chi connectivity index (χ1) is 9.58. The lowest BCUT2D eigenvalue weighted by Crippen LogP contribution is -2.18. The van der Waals surface area contributed by atoms with Crippen molar-refractivity contribution in [3.63, 3.8) is 0 Å². The minimum atomic E-state index is -0.0548. The van der Waals surface area contributed by atoms with Crippen LogP contribution >= 0.6 is 23.2 Å². The van der Waals surface area contributed by atoms with E-state index < -0.39 is 0 Å². The van der Waals surface area contributed by atoms with Crippen LogP contribution in [0.15, 0.2) is 36.4 Å². The molecule has 0 fully saturated rings. The highest BCUT2D eigenvalue weighted by molar-refractivity contribution is 6.36. The molecule has 106 valence electrons. The number of nitrogens with one attached hydrogen (secondary N) is 1. The van der Waals surface area contributed by atoms with Crippen molar-refractivity contribution in [2.24, 2.45) is 0 Å². The van der Waals surface area contributed by atoms with Gasteiger partial charge in [-0.25, -0.2) is 0 Å². The van der Waals surface area contributed by atoms with E-state index in [4.69, 9.17) is 27.9 Å². The minimum Gasteiger partial charge on any atom is -0.496 e. The first-order valence-electron chi connectivity index (χ1n) is 6.34. The van der Waals surface area contributed by atoms with E-state index in [2.05, 4.69) is 11.4 Å². The van der Waals surface area contributed by atoms with Crippen LogP contribution in [0.25, 0.3) is 0 Å². The summed E-state index contributed by atoms with van der Waals surface area (Å²) in [6.45, 7) is 2.02. The van der Waals surface area contributed by atoms with Crippen LogP contribution in [0, 0.1) is 6.92 Å². The highest BCUT2D eigenvalue weighted by Crippen LogP contribution is 2.35. The van der Waals surface area contributed by atoms with Crippen LogP contribution in [0.4, 0.5) is 0 Å². The molecular formula is C16H17Cl2NO. The van der Waals surface area contributed by atoms with E-state index in [1.807, 2.05) is 44.3 Å². The average molecular weight is 310 g/mol. The summed E-state index contributed by atoms with van der Waals surface area (Å²) in [7, 11) is 3.56. The third-order valence-corrected chi connectivity index (χ3v) is 3.99. The second kappa shape index (κ2) is 6.49. The Balaban J connectivity index is 2.50. The van der Waals surface area contributed by atoms with Crippen molar-refractivity contribution < 1.29 is 4.74 Å². The van der Waals surface area contributed by atoms with E-state index in [1.165, 1.54) is 0 Å². The Morgan fingerprint density at radius 3 is 2.25 bits per heavy atom. The van der Waals surface area contributed by atoms with Gasteiger partial charge in [-0.1, -0.05) is 41.4 Å². The molecule has 1 unspecified atom stereocenters. The van der Waals surface area contributed by atoms with Gasteiger partial charge in [0.15, 0.2) is 0 Å². The fraction of sp³-hybridized carbons (Fsp3) is 0.250. The number of hydrogen-bond donors (Lipinski definition) is 1. The van der Waals surface area contributed by atoms with Crippen molar-refractivity contribution in [3.05, 3.63) is 63.1 Å². The Hall–Kier alpha value is -1.22. The van der Waals surface area contributed by atoms with Gasteiger partial charge in [0.25, 0.3) is 0 Å². The maximum absolute atomic E-state index is 6.30. The zero-order chi connectivity index (χ0) is 14.7. The Morgan fingerprint density at radius 2 is 1.75 bits per heavy atom. The SMILES string of the molecule is CNC(c1ccc(OC)c(C)c1)c1c(Cl)cccc1Cl. The smallest absolute Gasteiger partial charge is 0.121 e. The summed E-state index contributed by atoms with van der Waals surface area (Å²) in [5.74, 6) is 0.869. The van der Waals surface area contributed by atoms with E-state index in [1.54, 1.807) is 7.11 Å². The molecule has 0 aliphatic heterocycles. The summed E-state index contributed by atoms with van der Waals surface area (Å²) in [5, 5.41) is 4.59. The molecule has 0 aliphatic rings. The number of hydrogen-bond acceptors (Lipinski definition) is 2. The summed E-state index contributed by atoms with van der Waals surface area (Å²) in [5.41, 5.74) is 3.07. The summed E-state index contributed by atoms with van der Waals surface area (Å²) in [6.07, 6.45) is 0. The molecule has 0 radical (unpaired) electrons. The topological polar surface area (TPSA) is 21.3 Å². The molecule has 0 saturated carbocycles. The third-order valence-electron chi connectivity index (χ3n) is 3.33. The Labute approximate surface area is 129 Å². The Morgan fingerprint density at radius 1 is 1.10 bits per heavy atom. The van der Waals surface area contributed by atoms with Gasteiger partial charge in [-0.05, 0) is 43.3 Å². The fourth-order valence-electron chi connectivity index (χ4n) is 2.35. The zero-order valence-electron chi connectivity index (χ0n) is 11.7. The van der Waals surface area contributed by atoms with Crippen molar-refractivity contribution in [2.75, 3.05) is 14.2 Å². The quantitative estimate of drug-likeness (QED) is 0.890. The molecule has 20 heavy (non-hydrogen) atoms. The van der Waals surface area contributed by atoms with Gasteiger partial charge in [-0.3, -0.25) is 0 Å². The van der Waals surface area contributed by atoms with Crippen molar-refractivity contribution in [3.8, 4) is 5.75 Å². The van der Waals surface area contributed by atoms with Gasteiger partial charge in [0.05, 0.1) is 13.2 Å². The fourth-order valence-corrected chi connectivity index (χ4v) is 2.96. The lowest BCUT2D eigenvalue weighted by molar-refractivity contribution is 0.411. The maximum atomic E-state index is 6.30. The van der Waals surface area contributed by atoms with Gasteiger partial charge in [0.2, 0.25) is 0 Å². The number of benzene rings is 2. The van der Waals surface area contributed by atoms with Crippen molar-refractivity contribution in [1.82, 2.24) is 5.32 Å². The summed E-state index contributed by atoms with van der Waals surface area (Å²) < 4.78 is 5.29. The number of halogens is 2. The first-order valence-corrected chi connectivity index (χ1v) is 7.09. The summed E-state index contributed by atoms with van der Waals surface area (Å²) in [4.78, 5) is 0. The molecule has 1 N–H and O–H groups in total. The van der Waals surface area contributed by atoms with Crippen molar-refractivity contribution in [2.45, 2.75) is 13.0 Å². The molecule has 1 atom stereocenters. The molecule has 2 aromatic rings. The summed E-state index contributed by atoms with van der Waals surface area (Å²) >= 11 is 12.6. The van der Waals surface area contributed by atoms with Gasteiger partial charge in [-0.15, -0.1) is 0 Å². The monoisotopic (exact) mass is 309 g/mol. The second-order valence-electron chi connectivity index (χ2n) is 4.59. The van der Waals surface area contributed by atoms with E-state index in [0.717, 1.165) is 22.4 Å². The molecule has 4 heteroatoms. The molecule has 2 rings (SSSR count). The molecule has 0 spiro atoms. The lowest BCUT2D eigenvalue weighted by Gasteiger charge is -2.21. The van der Waals surface area contributed by atoms with E-state index in [-0.39, 0.29) is 6.04 Å². The largest absolute Gasteiger partial charge is 0.496 e. The Kier molecular flexibility index (Phi) is 4.92. The van der Waals surface area contributed by atoms with Gasteiger partial charge in [0, 0.05) is 15.6 Å². The van der Waals surface area contributed by atoms with Gasteiger partial charge < -0.3 is 10.1 Å². The molecule has 0 aliphatic carbocycles. The molecule has 0 saturated heterocycles. The normalized spacial score (nSPS) is 12.2. The van der Waals surface area contributed by atoms with Crippen LogP contribution in [0.1, 0.15) is 22.7 Å². The highest BCUT2D eigenvalue weighted by Gasteiger charge is 2.19. The maximum Gasteiger partial charge on any atom is 0.121 e. The number of ether oxygens (including phenoxy) is 1. The standard InChI is InChI=1S/C16H17Cl2NO/c1-10-9-11(7-8-14(10)20-3)16(19-2)15-12(17)5-4-6-13(15)18/h4-9,16,19H,1-3H3. The Bertz CT molecular complexity index is 593. The predicted octanol–water partition coefficient (Wildman–Crippen LogP) is 4.62. The second-order valence-corrected chi connectivity index (χ2v) is 5.40. The van der Waals surface area contributed by atoms with E-state index in [0.29, 0.717) is 10.0 Å². The molecule has 2 nitrogen and oxygen atoms in total. The number of aryl methyl sites for hydroxylation is 1. The van der Waals surface area contributed by atoms with Crippen molar-refractivity contribution >= 4 is 23.2 Å². The van der Waals surface area contributed by atoms with Gasteiger partial charge >= 0.3 is 0 Å². The predicted molar refractivity (Wildman–Crippen MR) is 85.1 cm³/mol. The van der Waals surface area contributed by atoms with E-state index in [9.17, 15) is 0 Å². The van der Waals surface area contributed by atoms with Crippen LogP contribution in [-0.2, 0) is 0 Å². The summed E-state index contributed by atoms with van der Waals surface area (Å²) in [6, 6.07) is 11.6. The molecule has 0 aromatic heterocycles. The molecular weight excluding hydrogens is 293 g/mol. The average Bonchev–Trinajstić information content (AvgIpc) is 2.43. The first kappa shape index (κ1) is 15.2. The van der Waals surface area contributed by atoms with Gasteiger partial charge in [-0.2, -0.15) is 0 Å². The van der Waals surface area contributed by atoms with Crippen molar-refractivity contribution in [1.29, 1.82) is 0 Å². The minimum absolute atomic E-state index is 0.0548. The lowest BCUT2D eigenvalue weighted by atomic mass is 9.97. The van der Waals surface area contributed by atoms with Crippen LogP contribution in [0.5, 0.6) is 5.75 Å². The molecule has 2 aromatic carbocycles. The number of methoxy groups -OCH3 is 1. The number of rotatable bonds is 4. The van der Waals surface area contributed by atoms with Crippen LogP contribution < -0.4 is 10.1 Å². The van der Waals surface area contributed by atoms with Crippen LogP contribution in [0.3, 0.4) is 0 Å². The van der Waals surface area contributed by atoms with Gasteiger partial charge in [0.1, 0.15) is 5.75 Å². The van der Waals surface area contributed by atoms with E-state index >= 15 is 0 Å². The van der Waals surface area contributed by atoms with Crippen LogP contribution in [-0.4, -0.2) is 14.2 Å². The molecule has 0 amide bonds.